The highest BCUT2D eigenvalue weighted by atomic mass is 16.5. The molecule has 5 heteroatoms. The van der Waals surface area contributed by atoms with E-state index in [2.05, 4.69) is 27.6 Å². The van der Waals surface area contributed by atoms with Gasteiger partial charge in [0.1, 0.15) is 5.76 Å². The lowest BCUT2D eigenvalue weighted by molar-refractivity contribution is -0.132. The number of nitrogens with zero attached hydrogens (tertiary/aromatic N) is 3. The minimum Gasteiger partial charge on any atom is -0.360 e. The molecule has 0 spiro atoms. The van der Waals surface area contributed by atoms with E-state index < -0.39 is 0 Å². The molecule has 0 N–H and O–H groups in total. The Morgan fingerprint density at radius 1 is 1.15 bits per heavy atom. The topological polar surface area (TPSA) is 51.3 Å². The van der Waals surface area contributed by atoms with Crippen LogP contribution in [0.2, 0.25) is 0 Å². The first-order valence-electron chi connectivity index (χ1n) is 10.2. The predicted octanol–water partition coefficient (Wildman–Crippen LogP) is 4.58. The van der Waals surface area contributed by atoms with Crippen LogP contribution in [0.1, 0.15) is 61.2 Å². The lowest BCUT2D eigenvalue weighted by Crippen LogP contribution is -2.49. The minimum absolute atomic E-state index is 0.161. The van der Waals surface area contributed by atoms with E-state index in [1.165, 1.54) is 32.1 Å². The Morgan fingerprint density at radius 2 is 1.93 bits per heavy atom. The van der Waals surface area contributed by atoms with Gasteiger partial charge in [-0.2, -0.15) is 0 Å². The number of piperidine rings is 1. The fourth-order valence-corrected chi connectivity index (χ4v) is 4.92. The molecular formula is C22H29N3O2. The van der Waals surface area contributed by atoms with Gasteiger partial charge in [0, 0.05) is 36.1 Å². The molecule has 1 saturated carbocycles. The zero-order valence-corrected chi connectivity index (χ0v) is 16.6. The molecule has 2 fully saturated rings. The maximum absolute atomic E-state index is 12.9. The molecule has 1 saturated heterocycles. The fourth-order valence-electron chi connectivity index (χ4n) is 4.92. The van der Waals surface area contributed by atoms with Crippen LogP contribution in [0.15, 0.2) is 22.7 Å². The van der Waals surface area contributed by atoms with Gasteiger partial charge in [-0.1, -0.05) is 18.0 Å². The zero-order chi connectivity index (χ0) is 19.0. The largest absolute Gasteiger partial charge is 0.360 e. The van der Waals surface area contributed by atoms with E-state index in [1.54, 1.807) is 6.08 Å². The second-order valence-corrected chi connectivity index (χ2v) is 8.08. The Balaban J connectivity index is 1.53. The maximum atomic E-state index is 12.9. The van der Waals surface area contributed by atoms with E-state index in [9.17, 15) is 4.79 Å². The molecule has 5 nitrogen and oxygen atoms in total. The number of hydrogen-bond donors (Lipinski definition) is 0. The van der Waals surface area contributed by atoms with Crippen molar-refractivity contribution in [3.8, 4) is 5.82 Å². The molecule has 2 aliphatic rings. The Labute approximate surface area is 161 Å². The number of carbonyl (C=O) groups is 1. The summed E-state index contributed by atoms with van der Waals surface area (Å²) in [7, 11) is 0. The smallest absolute Gasteiger partial charge is 0.246 e. The van der Waals surface area contributed by atoms with Crippen LogP contribution in [0.3, 0.4) is 0 Å². The van der Waals surface area contributed by atoms with Crippen molar-refractivity contribution in [3.63, 3.8) is 0 Å². The van der Waals surface area contributed by atoms with Crippen LogP contribution in [-0.2, 0) is 4.79 Å². The summed E-state index contributed by atoms with van der Waals surface area (Å²) in [5.41, 5.74) is 3.20. The molecule has 2 aromatic rings. The Hall–Kier alpha value is -2.30. The molecule has 144 valence electrons. The van der Waals surface area contributed by atoms with Gasteiger partial charge >= 0.3 is 0 Å². The second-order valence-electron chi connectivity index (χ2n) is 8.08. The van der Waals surface area contributed by atoms with Crippen molar-refractivity contribution in [2.75, 3.05) is 6.54 Å². The van der Waals surface area contributed by atoms with Gasteiger partial charge in [-0.15, -0.1) is 0 Å². The highest BCUT2D eigenvalue weighted by Crippen LogP contribution is 2.35. The highest BCUT2D eigenvalue weighted by Gasteiger charge is 2.34. The lowest BCUT2D eigenvalue weighted by Gasteiger charge is -2.43. The molecule has 1 aliphatic heterocycles. The van der Waals surface area contributed by atoms with Gasteiger partial charge in [0.05, 0.1) is 0 Å². The number of amides is 1. The van der Waals surface area contributed by atoms with Crippen LogP contribution in [0.4, 0.5) is 0 Å². The molecular weight excluding hydrogens is 338 g/mol. The van der Waals surface area contributed by atoms with Crippen molar-refractivity contribution in [3.05, 3.63) is 40.9 Å². The van der Waals surface area contributed by atoms with Gasteiger partial charge in [0.15, 0.2) is 5.82 Å². The summed E-state index contributed by atoms with van der Waals surface area (Å²) in [6, 6.07) is 4.48. The summed E-state index contributed by atoms with van der Waals surface area (Å²) < 4.78 is 7.28. The van der Waals surface area contributed by atoms with E-state index in [1.807, 2.05) is 26.0 Å². The summed E-state index contributed by atoms with van der Waals surface area (Å²) in [6.45, 7) is 6.90. The molecule has 4 rings (SSSR count). The summed E-state index contributed by atoms with van der Waals surface area (Å²) in [5, 5.41) is 4.12. The summed E-state index contributed by atoms with van der Waals surface area (Å²) >= 11 is 0. The molecule has 2 aromatic heterocycles. The number of rotatable bonds is 3. The molecule has 0 radical (unpaired) electrons. The Morgan fingerprint density at radius 3 is 2.70 bits per heavy atom. The van der Waals surface area contributed by atoms with Gasteiger partial charge < -0.3 is 9.42 Å². The highest BCUT2D eigenvalue weighted by molar-refractivity contribution is 5.92. The maximum Gasteiger partial charge on any atom is 0.246 e. The van der Waals surface area contributed by atoms with E-state index >= 15 is 0 Å². The second kappa shape index (κ2) is 7.37. The number of aryl methyl sites for hydroxylation is 2. The van der Waals surface area contributed by atoms with Crippen LogP contribution in [0, 0.1) is 26.7 Å². The molecule has 3 heterocycles. The van der Waals surface area contributed by atoms with Crippen molar-refractivity contribution in [2.24, 2.45) is 5.92 Å². The van der Waals surface area contributed by atoms with Crippen LogP contribution in [0.25, 0.3) is 11.9 Å². The monoisotopic (exact) mass is 367 g/mol. The van der Waals surface area contributed by atoms with Gasteiger partial charge in [-0.25, -0.2) is 0 Å². The van der Waals surface area contributed by atoms with Gasteiger partial charge in [-0.3, -0.25) is 9.36 Å². The van der Waals surface area contributed by atoms with E-state index in [-0.39, 0.29) is 5.91 Å². The number of likely N-dealkylation sites (tertiary alicyclic amines) is 1. The molecule has 27 heavy (non-hydrogen) atoms. The van der Waals surface area contributed by atoms with Crippen molar-refractivity contribution in [1.82, 2.24) is 14.6 Å². The van der Waals surface area contributed by atoms with Crippen molar-refractivity contribution in [1.29, 1.82) is 0 Å². The molecule has 2 atom stereocenters. The molecule has 0 bridgehead atoms. The third kappa shape index (κ3) is 3.47. The van der Waals surface area contributed by atoms with Gasteiger partial charge in [0.2, 0.25) is 5.91 Å². The lowest BCUT2D eigenvalue weighted by atomic mass is 9.78. The van der Waals surface area contributed by atoms with E-state index in [0.717, 1.165) is 41.5 Å². The third-order valence-electron chi connectivity index (χ3n) is 6.25. The molecule has 1 aliphatic carbocycles. The molecule has 0 unspecified atom stereocenters. The molecule has 0 aromatic carbocycles. The van der Waals surface area contributed by atoms with Crippen LogP contribution >= 0.6 is 0 Å². The van der Waals surface area contributed by atoms with Crippen LogP contribution in [0.5, 0.6) is 0 Å². The first kappa shape index (κ1) is 18.1. The third-order valence-corrected chi connectivity index (χ3v) is 6.25. The van der Waals surface area contributed by atoms with E-state index in [4.69, 9.17) is 4.52 Å². The van der Waals surface area contributed by atoms with Gasteiger partial charge in [-0.05, 0) is 70.1 Å². The Kier molecular flexibility index (Phi) is 4.94. The normalized spacial score (nSPS) is 23.0. The number of hydrogen-bond acceptors (Lipinski definition) is 3. The summed E-state index contributed by atoms with van der Waals surface area (Å²) in [4.78, 5) is 15.0. The number of carbonyl (C=O) groups excluding carboxylic acids is 1. The average molecular weight is 367 g/mol. The predicted molar refractivity (Wildman–Crippen MR) is 106 cm³/mol. The van der Waals surface area contributed by atoms with Crippen molar-refractivity contribution < 1.29 is 9.32 Å². The van der Waals surface area contributed by atoms with Crippen molar-refractivity contribution in [2.45, 2.75) is 65.3 Å². The fraction of sp³-hybridized carbons (Fsp3) is 0.545. The minimum atomic E-state index is 0.161. The summed E-state index contributed by atoms with van der Waals surface area (Å²) in [6.07, 6.45) is 11.2. The molecule has 1 amide bonds. The standard InChI is InChI=1S/C22H29N3O2/c1-15-13-19(17(3)25(15)21-14-16(2)27-23-21)10-11-22(26)24-12-6-8-18-7-4-5-9-20(18)24/h10-11,13-14,18,20H,4-9,12H2,1-3H3/b11-10+/t18-,20+/m0/s1. The van der Waals surface area contributed by atoms with E-state index in [0.29, 0.717) is 12.0 Å². The quantitative estimate of drug-likeness (QED) is 0.746. The first-order valence-corrected chi connectivity index (χ1v) is 10.2. The average Bonchev–Trinajstić information content (AvgIpc) is 3.21. The van der Waals surface area contributed by atoms with Crippen LogP contribution < -0.4 is 0 Å². The number of fused-ring (bicyclic) bond motifs is 1. The number of aromatic nitrogens is 2. The SMILES string of the molecule is Cc1cc(-n2c(C)cc(/C=C/C(=O)N3CCC[C@@H]4CCCC[C@H]43)c2C)no1. The Bertz CT molecular complexity index is 859. The van der Waals surface area contributed by atoms with Crippen LogP contribution in [-0.4, -0.2) is 33.1 Å². The first-order chi connectivity index (χ1) is 13.0. The van der Waals surface area contributed by atoms with Crippen molar-refractivity contribution >= 4 is 12.0 Å². The summed E-state index contributed by atoms with van der Waals surface area (Å²) in [5.74, 6) is 2.45. The zero-order valence-electron chi connectivity index (χ0n) is 16.6. The van der Waals surface area contributed by atoms with Gasteiger partial charge in [0.25, 0.3) is 0 Å².